The molecule has 7 heteroatoms. The summed E-state index contributed by atoms with van der Waals surface area (Å²) < 4.78 is 38.8. The lowest BCUT2D eigenvalue weighted by molar-refractivity contribution is -0.178. The van der Waals surface area contributed by atoms with Gasteiger partial charge in [-0.15, -0.1) is 0 Å². The lowest BCUT2D eigenvalue weighted by Gasteiger charge is -2.35. The van der Waals surface area contributed by atoms with E-state index in [1.165, 1.54) is 6.07 Å². The van der Waals surface area contributed by atoms with Gasteiger partial charge in [-0.3, -0.25) is 0 Å². The van der Waals surface area contributed by atoms with Crippen LogP contribution in [0, 0.1) is 0 Å². The fourth-order valence-corrected chi connectivity index (χ4v) is 4.73. The molecule has 1 aliphatic carbocycles. The van der Waals surface area contributed by atoms with Crippen LogP contribution in [0.2, 0.25) is 5.02 Å². The molecule has 3 rings (SSSR count). The smallest absolute Gasteiger partial charge is 0.242 e. The van der Waals surface area contributed by atoms with Crippen molar-refractivity contribution in [3.8, 4) is 0 Å². The Balaban J connectivity index is 1.66. The van der Waals surface area contributed by atoms with Gasteiger partial charge in [0.1, 0.15) is 4.90 Å². The summed E-state index contributed by atoms with van der Waals surface area (Å²) >= 11 is 5.97. The van der Waals surface area contributed by atoms with Crippen LogP contribution >= 0.6 is 11.6 Å². The second kappa shape index (κ2) is 5.85. The molecular formula is C14H18ClNO4S. The Labute approximate surface area is 129 Å². The highest BCUT2D eigenvalue weighted by Gasteiger charge is 2.41. The molecule has 0 aromatic heterocycles. The molecule has 1 saturated heterocycles. The highest BCUT2D eigenvalue weighted by molar-refractivity contribution is 7.89. The van der Waals surface area contributed by atoms with Gasteiger partial charge < -0.3 is 9.47 Å². The van der Waals surface area contributed by atoms with Crippen LogP contribution in [0.15, 0.2) is 29.2 Å². The molecule has 116 valence electrons. The van der Waals surface area contributed by atoms with Crippen molar-refractivity contribution in [3.05, 3.63) is 29.3 Å². The maximum Gasteiger partial charge on any atom is 0.242 e. The summed E-state index contributed by atoms with van der Waals surface area (Å²) in [6, 6.07) is 6.35. The molecule has 2 fully saturated rings. The fraction of sp³-hybridized carbons (Fsp3) is 0.571. The van der Waals surface area contributed by atoms with Crippen LogP contribution in [0.5, 0.6) is 0 Å². The van der Waals surface area contributed by atoms with Crippen LogP contribution in [0.1, 0.15) is 25.7 Å². The zero-order chi connectivity index (χ0) is 14.9. The summed E-state index contributed by atoms with van der Waals surface area (Å²) in [4.78, 5) is 0.125. The van der Waals surface area contributed by atoms with Gasteiger partial charge in [0.05, 0.1) is 18.2 Å². The van der Waals surface area contributed by atoms with Crippen molar-refractivity contribution in [1.82, 2.24) is 4.72 Å². The minimum absolute atomic E-state index is 0.107. The number of hydrogen-bond acceptors (Lipinski definition) is 4. The number of nitrogens with one attached hydrogen (secondary N) is 1. The molecule has 1 heterocycles. The first-order valence-electron chi connectivity index (χ1n) is 7.06. The third-order valence-corrected chi connectivity index (χ3v) is 6.03. The van der Waals surface area contributed by atoms with Gasteiger partial charge in [-0.2, -0.15) is 0 Å². The Kier molecular flexibility index (Phi) is 4.25. The van der Waals surface area contributed by atoms with E-state index in [1.807, 2.05) is 0 Å². The largest absolute Gasteiger partial charge is 0.348 e. The van der Waals surface area contributed by atoms with Gasteiger partial charge in [0, 0.05) is 18.9 Å². The monoisotopic (exact) mass is 331 g/mol. The molecule has 1 aromatic rings. The number of halogens is 1. The van der Waals surface area contributed by atoms with Gasteiger partial charge in [0.2, 0.25) is 10.0 Å². The van der Waals surface area contributed by atoms with E-state index in [0.29, 0.717) is 38.9 Å². The molecular weight excluding hydrogens is 314 g/mol. The number of sulfonamides is 1. The quantitative estimate of drug-likeness (QED) is 0.923. The van der Waals surface area contributed by atoms with Crippen LogP contribution in [0.25, 0.3) is 0 Å². The predicted octanol–water partition coefficient (Wildman–Crippen LogP) is 2.30. The maximum absolute atomic E-state index is 12.4. The molecule has 5 nitrogen and oxygen atoms in total. The average Bonchev–Trinajstić information content (AvgIpc) is 2.90. The Bertz CT molecular complexity index is 603. The second-order valence-corrected chi connectivity index (χ2v) is 7.52. The number of ether oxygens (including phenoxy) is 2. The van der Waals surface area contributed by atoms with Crippen molar-refractivity contribution in [2.45, 2.75) is 42.4 Å². The minimum Gasteiger partial charge on any atom is -0.348 e. The lowest BCUT2D eigenvalue weighted by atomic mass is 9.91. The van der Waals surface area contributed by atoms with Crippen molar-refractivity contribution in [1.29, 1.82) is 0 Å². The van der Waals surface area contributed by atoms with Crippen LogP contribution in [0.4, 0.5) is 0 Å². The first kappa shape index (κ1) is 15.2. The van der Waals surface area contributed by atoms with Crippen molar-refractivity contribution >= 4 is 21.6 Å². The third-order valence-electron chi connectivity index (χ3n) is 4.01. The van der Waals surface area contributed by atoms with E-state index in [1.54, 1.807) is 18.2 Å². The number of rotatable bonds is 3. The zero-order valence-electron chi connectivity index (χ0n) is 11.5. The Morgan fingerprint density at radius 3 is 2.38 bits per heavy atom. The summed E-state index contributed by atoms with van der Waals surface area (Å²) in [5, 5.41) is 0.236. The van der Waals surface area contributed by atoms with E-state index >= 15 is 0 Å². The third kappa shape index (κ3) is 3.24. The van der Waals surface area contributed by atoms with Crippen LogP contribution in [0.3, 0.4) is 0 Å². The molecule has 0 radical (unpaired) electrons. The SMILES string of the molecule is O=S(=O)(NC1CCC2(CC1)OCCO2)c1ccccc1Cl. The maximum atomic E-state index is 12.4. The van der Waals surface area contributed by atoms with Crippen molar-refractivity contribution in [2.24, 2.45) is 0 Å². The first-order valence-corrected chi connectivity index (χ1v) is 8.92. The molecule has 1 N–H and O–H groups in total. The van der Waals surface area contributed by atoms with E-state index in [-0.39, 0.29) is 16.0 Å². The molecule has 0 bridgehead atoms. The van der Waals surface area contributed by atoms with E-state index in [2.05, 4.69) is 4.72 Å². The van der Waals surface area contributed by atoms with Crippen molar-refractivity contribution < 1.29 is 17.9 Å². The topological polar surface area (TPSA) is 64.6 Å². The minimum atomic E-state index is -3.59. The summed E-state index contributed by atoms with van der Waals surface area (Å²) in [6.07, 6.45) is 2.82. The number of hydrogen-bond donors (Lipinski definition) is 1. The van der Waals surface area contributed by atoms with Gasteiger partial charge in [0.15, 0.2) is 5.79 Å². The van der Waals surface area contributed by atoms with Crippen LogP contribution in [-0.2, 0) is 19.5 Å². The van der Waals surface area contributed by atoms with Gasteiger partial charge >= 0.3 is 0 Å². The highest BCUT2D eigenvalue weighted by atomic mass is 35.5. The van der Waals surface area contributed by atoms with Gasteiger partial charge in [-0.1, -0.05) is 23.7 Å². The van der Waals surface area contributed by atoms with Crippen molar-refractivity contribution in [2.75, 3.05) is 13.2 Å². The molecule has 21 heavy (non-hydrogen) atoms. The molecule has 1 aromatic carbocycles. The summed E-state index contributed by atoms with van der Waals surface area (Å²) in [7, 11) is -3.59. The molecule has 0 atom stereocenters. The highest BCUT2D eigenvalue weighted by Crippen LogP contribution is 2.36. The van der Waals surface area contributed by atoms with Crippen molar-refractivity contribution in [3.63, 3.8) is 0 Å². The standard InChI is InChI=1S/C14H18ClNO4S/c15-12-3-1-2-4-13(12)21(17,18)16-11-5-7-14(8-6-11)19-9-10-20-14/h1-4,11,16H,5-10H2. The van der Waals surface area contributed by atoms with Crippen LogP contribution in [-0.4, -0.2) is 33.5 Å². The van der Waals surface area contributed by atoms with Gasteiger partial charge in [0.25, 0.3) is 0 Å². The van der Waals surface area contributed by atoms with Gasteiger partial charge in [-0.25, -0.2) is 13.1 Å². The normalized spacial score (nSPS) is 22.7. The average molecular weight is 332 g/mol. The summed E-state index contributed by atoms with van der Waals surface area (Å²) in [5.74, 6) is -0.480. The number of benzene rings is 1. The van der Waals surface area contributed by atoms with E-state index in [4.69, 9.17) is 21.1 Å². The zero-order valence-corrected chi connectivity index (χ0v) is 13.1. The Hall–Kier alpha value is -0.660. The van der Waals surface area contributed by atoms with E-state index in [9.17, 15) is 8.42 Å². The first-order chi connectivity index (χ1) is 10.0. The summed E-state index contributed by atoms with van der Waals surface area (Å²) in [5.41, 5.74) is 0. The van der Waals surface area contributed by atoms with E-state index < -0.39 is 15.8 Å². The fourth-order valence-electron chi connectivity index (χ4n) is 2.91. The molecule has 0 unspecified atom stereocenters. The summed E-state index contributed by atoms with van der Waals surface area (Å²) in [6.45, 7) is 1.24. The Morgan fingerprint density at radius 1 is 1.14 bits per heavy atom. The molecule has 1 aliphatic heterocycles. The van der Waals surface area contributed by atoms with Gasteiger partial charge in [-0.05, 0) is 25.0 Å². The predicted molar refractivity (Wildman–Crippen MR) is 78.7 cm³/mol. The lowest BCUT2D eigenvalue weighted by Crippen LogP contribution is -2.44. The molecule has 1 saturated carbocycles. The Morgan fingerprint density at radius 2 is 1.76 bits per heavy atom. The molecule has 1 spiro atoms. The molecule has 2 aliphatic rings. The second-order valence-electron chi connectivity index (χ2n) is 5.43. The molecule has 0 amide bonds. The van der Waals surface area contributed by atoms with E-state index in [0.717, 1.165) is 0 Å². The van der Waals surface area contributed by atoms with Crippen LogP contribution < -0.4 is 4.72 Å².